The maximum Gasteiger partial charge on any atom is 0.163 e. The Hall–Kier alpha value is -0.850. The van der Waals surface area contributed by atoms with Crippen LogP contribution in [0.1, 0.15) is 59.8 Å². The van der Waals surface area contributed by atoms with Crippen molar-refractivity contribution in [3.8, 4) is 0 Å². The second kappa shape index (κ2) is 5.29. The molecule has 0 spiro atoms. The Balaban J connectivity index is 3.09. The molecule has 0 saturated heterocycles. The van der Waals surface area contributed by atoms with E-state index in [4.69, 9.17) is 0 Å². The molecule has 0 bridgehead atoms. The van der Waals surface area contributed by atoms with Gasteiger partial charge in [0.25, 0.3) is 0 Å². The molecular formula is C14H22O. The van der Waals surface area contributed by atoms with Crippen molar-refractivity contribution >= 4 is 5.78 Å². The molecule has 1 aliphatic rings. The zero-order chi connectivity index (χ0) is 11.4. The van der Waals surface area contributed by atoms with Crippen LogP contribution < -0.4 is 0 Å². The van der Waals surface area contributed by atoms with Crippen molar-refractivity contribution < 1.29 is 4.79 Å². The number of Topliss-reactive ketones (excluding diaryl/α,β-unsaturated/α-hetero) is 1. The fourth-order valence-corrected chi connectivity index (χ4v) is 2.30. The van der Waals surface area contributed by atoms with E-state index in [0.29, 0.717) is 12.2 Å². The predicted octanol–water partition coefficient (Wildman–Crippen LogP) is 4.19. The van der Waals surface area contributed by atoms with Crippen molar-refractivity contribution in [2.45, 2.75) is 59.8 Å². The quantitative estimate of drug-likeness (QED) is 0.674. The molecule has 1 nitrogen and oxygen atoms in total. The van der Waals surface area contributed by atoms with Crippen molar-refractivity contribution in [3.05, 3.63) is 22.3 Å². The molecule has 0 aromatic heterocycles. The van der Waals surface area contributed by atoms with Gasteiger partial charge in [0.15, 0.2) is 5.78 Å². The van der Waals surface area contributed by atoms with E-state index in [2.05, 4.69) is 27.7 Å². The van der Waals surface area contributed by atoms with Crippen molar-refractivity contribution in [3.63, 3.8) is 0 Å². The van der Waals surface area contributed by atoms with Crippen LogP contribution in [0, 0.1) is 0 Å². The molecule has 1 aliphatic carbocycles. The Bertz CT molecular complexity index is 314. The molecule has 1 heteroatoms. The van der Waals surface area contributed by atoms with Crippen LogP contribution in [-0.2, 0) is 4.79 Å². The summed E-state index contributed by atoms with van der Waals surface area (Å²) in [4.78, 5) is 11.9. The number of carbonyl (C=O) groups excluding carboxylic acids is 1. The molecule has 1 rings (SSSR count). The van der Waals surface area contributed by atoms with E-state index in [1.807, 2.05) is 0 Å². The van der Waals surface area contributed by atoms with Crippen molar-refractivity contribution in [1.82, 2.24) is 0 Å². The third kappa shape index (κ3) is 2.58. The normalized spacial score (nSPS) is 16.5. The first-order valence-corrected chi connectivity index (χ1v) is 6.03. The van der Waals surface area contributed by atoms with Gasteiger partial charge in [-0.1, -0.05) is 32.3 Å². The zero-order valence-electron chi connectivity index (χ0n) is 10.4. The molecule has 0 aliphatic heterocycles. The fraction of sp³-hybridized carbons (Fsp3) is 0.643. The predicted molar refractivity (Wildman–Crippen MR) is 64.8 cm³/mol. The first-order chi connectivity index (χ1) is 7.11. The van der Waals surface area contributed by atoms with E-state index in [-0.39, 0.29) is 0 Å². The standard InChI is InChI=1S/C14H22O/c1-5-7-11-12(8-6-2)14(15)9-13(11)10(3)4/h5-9H2,1-4H3. The largest absolute Gasteiger partial charge is 0.294 e. The summed E-state index contributed by atoms with van der Waals surface area (Å²) in [5, 5.41) is 0. The van der Waals surface area contributed by atoms with E-state index < -0.39 is 0 Å². The van der Waals surface area contributed by atoms with Crippen LogP contribution in [-0.4, -0.2) is 5.78 Å². The lowest BCUT2D eigenvalue weighted by Crippen LogP contribution is -1.95. The molecule has 15 heavy (non-hydrogen) atoms. The second-order valence-corrected chi connectivity index (χ2v) is 4.54. The van der Waals surface area contributed by atoms with E-state index in [1.165, 1.54) is 16.7 Å². The third-order valence-corrected chi connectivity index (χ3v) is 3.01. The van der Waals surface area contributed by atoms with Crippen LogP contribution >= 0.6 is 0 Å². The topological polar surface area (TPSA) is 17.1 Å². The fourth-order valence-electron chi connectivity index (χ4n) is 2.30. The SMILES string of the molecule is CCCC1=C(CCC)C(=C(C)C)CC1=O. The van der Waals surface area contributed by atoms with Crippen LogP contribution in [0.5, 0.6) is 0 Å². The molecule has 0 heterocycles. The summed E-state index contributed by atoms with van der Waals surface area (Å²) in [5.74, 6) is 0.372. The van der Waals surface area contributed by atoms with E-state index in [0.717, 1.165) is 31.3 Å². The molecule has 0 radical (unpaired) electrons. The number of allylic oxidation sites excluding steroid dienone is 4. The summed E-state index contributed by atoms with van der Waals surface area (Å²) in [5.41, 5.74) is 5.13. The summed E-state index contributed by atoms with van der Waals surface area (Å²) in [6.07, 6.45) is 4.90. The van der Waals surface area contributed by atoms with Gasteiger partial charge >= 0.3 is 0 Å². The number of carbonyl (C=O) groups is 1. The Labute approximate surface area is 93.3 Å². The maximum absolute atomic E-state index is 11.9. The van der Waals surface area contributed by atoms with Crippen LogP contribution in [0.2, 0.25) is 0 Å². The molecule has 0 unspecified atom stereocenters. The number of ketones is 1. The van der Waals surface area contributed by atoms with Crippen LogP contribution in [0.25, 0.3) is 0 Å². The number of hydrogen-bond donors (Lipinski definition) is 0. The smallest absolute Gasteiger partial charge is 0.163 e. The number of rotatable bonds is 4. The van der Waals surface area contributed by atoms with Gasteiger partial charge in [0, 0.05) is 6.42 Å². The minimum absolute atomic E-state index is 0.372. The van der Waals surface area contributed by atoms with E-state index in [9.17, 15) is 4.79 Å². The van der Waals surface area contributed by atoms with Gasteiger partial charge in [-0.05, 0) is 43.4 Å². The number of hydrogen-bond acceptors (Lipinski definition) is 1. The maximum atomic E-state index is 11.9. The molecule has 0 atom stereocenters. The van der Waals surface area contributed by atoms with Crippen molar-refractivity contribution in [1.29, 1.82) is 0 Å². The first kappa shape index (κ1) is 12.2. The highest BCUT2D eigenvalue weighted by Gasteiger charge is 2.26. The summed E-state index contributed by atoms with van der Waals surface area (Å²) < 4.78 is 0. The van der Waals surface area contributed by atoms with E-state index in [1.54, 1.807) is 0 Å². The minimum atomic E-state index is 0.372. The van der Waals surface area contributed by atoms with Gasteiger partial charge in [0.2, 0.25) is 0 Å². The minimum Gasteiger partial charge on any atom is -0.294 e. The Kier molecular flexibility index (Phi) is 4.31. The van der Waals surface area contributed by atoms with Gasteiger partial charge in [0.05, 0.1) is 0 Å². The lowest BCUT2D eigenvalue weighted by atomic mass is 9.97. The van der Waals surface area contributed by atoms with Crippen LogP contribution in [0.4, 0.5) is 0 Å². The van der Waals surface area contributed by atoms with E-state index >= 15 is 0 Å². The molecule has 0 saturated carbocycles. The van der Waals surface area contributed by atoms with Gasteiger partial charge in [-0.25, -0.2) is 0 Å². The monoisotopic (exact) mass is 206 g/mol. The lowest BCUT2D eigenvalue weighted by molar-refractivity contribution is -0.114. The van der Waals surface area contributed by atoms with Gasteiger partial charge in [-0.3, -0.25) is 4.79 Å². The molecule has 0 fully saturated rings. The highest BCUT2D eigenvalue weighted by atomic mass is 16.1. The van der Waals surface area contributed by atoms with Crippen LogP contribution in [0.3, 0.4) is 0 Å². The molecular weight excluding hydrogens is 184 g/mol. The average molecular weight is 206 g/mol. The third-order valence-electron chi connectivity index (χ3n) is 3.01. The van der Waals surface area contributed by atoms with Gasteiger partial charge < -0.3 is 0 Å². The second-order valence-electron chi connectivity index (χ2n) is 4.54. The highest BCUT2D eigenvalue weighted by molar-refractivity contribution is 6.02. The average Bonchev–Trinajstić information content (AvgIpc) is 2.47. The highest BCUT2D eigenvalue weighted by Crippen LogP contribution is 2.35. The zero-order valence-corrected chi connectivity index (χ0v) is 10.4. The van der Waals surface area contributed by atoms with Crippen LogP contribution in [0.15, 0.2) is 22.3 Å². The molecule has 84 valence electrons. The lowest BCUT2D eigenvalue weighted by Gasteiger charge is -2.07. The first-order valence-electron chi connectivity index (χ1n) is 6.03. The molecule has 0 amide bonds. The summed E-state index contributed by atoms with van der Waals surface area (Å²) in [6.45, 7) is 8.56. The van der Waals surface area contributed by atoms with Gasteiger partial charge in [-0.15, -0.1) is 0 Å². The Morgan fingerprint density at radius 3 is 2.07 bits per heavy atom. The summed E-state index contributed by atoms with van der Waals surface area (Å²) >= 11 is 0. The van der Waals surface area contributed by atoms with Crippen molar-refractivity contribution in [2.24, 2.45) is 0 Å². The van der Waals surface area contributed by atoms with Gasteiger partial charge in [-0.2, -0.15) is 0 Å². The Morgan fingerprint density at radius 1 is 1.07 bits per heavy atom. The summed E-state index contributed by atoms with van der Waals surface area (Å²) in [7, 11) is 0. The summed E-state index contributed by atoms with van der Waals surface area (Å²) in [6, 6.07) is 0. The molecule has 0 N–H and O–H groups in total. The molecule has 0 aromatic rings. The van der Waals surface area contributed by atoms with Crippen molar-refractivity contribution in [2.75, 3.05) is 0 Å². The van der Waals surface area contributed by atoms with Gasteiger partial charge in [0.1, 0.15) is 0 Å². The Morgan fingerprint density at radius 2 is 1.60 bits per heavy atom. The molecule has 0 aromatic carbocycles.